The molecular formula is C12H18BrClN2O. The summed E-state index contributed by atoms with van der Waals surface area (Å²) in [4.78, 5) is 13.8. The first-order valence-corrected chi connectivity index (χ1v) is 6.00. The summed E-state index contributed by atoms with van der Waals surface area (Å²) in [6.45, 7) is 4.39. The van der Waals surface area contributed by atoms with Gasteiger partial charge in [-0.2, -0.15) is 0 Å². The molecule has 0 saturated carbocycles. The zero-order chi connectivity index (χ0) is 12.3. The van der Waals surface area contributed by atoms with E-state index in [9.17, 15) is 4.79 Å². The van der Waals surface area contributed by atoms with Gasteiger partial charge in [0.15, 0.2) is 0 Å². The third-order valence-electron chi connectivity index (χ3n) is 2.68. The Morgan fingerprint density at radius 3 is 2.59 bits per heavy atom. The molecule has 17 heavy (non-hydrogen) atoms. The van der Waals surface area contributed by atoms with Gasteiger partial charge in [0.2, 0.25) is 0 Å². The van der Waals surface area contributed by atoms with E-state index in [-0.39, 0.29) is 24.4 Å². The van der Waals surface area contributed by atoms with E-state index in [1.54, 1.807) is 11.9 Å². The van der Waals surface area contributed by atoms with Crippen LogP contribution in [-0.2, 0) is 0 Å². The summed E-state index contributed by atoms with van der Waals surface area (Å²) in [7, 11) is 1.77. The van der Waals surface area contributed by atoms with Crippen LogP contribution in [0, 0.1) is 6.92 Å². The zero-order valence-corrected chi connectivity index (χ0v) is 12.6. The summed E-state index contributed by atoms with van der Waals surface area (Å²) in [5, 5.41) is 0. The van der Waals surface area contributed by atoms with Crippen molar-refractivity contribution in [1.29, 1.82) is 0 Å². The standard InChI is InChI=1S/C12H17BrN2O.ClH/c1-8-4-5-10(11(13)6-8)12(16)15(3)9(2)7-14;/h4-6,9H,7,14H2,1-3H3;1H. The summed E-state index contributed by atoms with van der Waals surface area (Å²) in [6, 6.07) is 5.75. The topological polar surface area (TPSA) is 46.3 Å². The number of carbonyl (C=O) groups is 1. The van der Waals surface area contributed by atoms with Crippen LogP contribution < -0.4 is 5.73 Å². The molecule has 1 amide bonds. The highest BCUT2D eigenvalue weighted by Gasteiger charge is 2.18. The van der Waals surface area contributed by atoms with Crippen molar-refractivity contribution < 1.29 is 4.79 Å². The van der Waals surface area contributed by atoms with Crippen LogP contribution in [0.5, 0.6) is 0 Å². The summed E-state index contributed by atoms with van der Waals surface area (Å²) < 4.78 is 0.827. The lowest BCUT2D eigenvalue weighted by atomic mass is 10.1. The maximum Gasteiger partial charge on any atom is 0.255 e. The smallest absolute Gasteiger partial charge is 0.255 e. The molecule has 1 aromatic carbocycles. The molecule has 0 saturated heterocycles. The molecule has 3 nitrogen and oxygen atoms in total. The molecule has 0 spiro atoms. The molecular weight excluding hydrogens is 304 g/mol. The fourth-order valence-corrected chi connectivity index (χ4v) is 2.00. The largest absolute Gasteiger partial charge is 0.338 e. The van der Waals surface area contributed by atoms with Crippen molar-refractivity contribution in [2.75, 3.05) is 13.6 Å². The number of carbonyl (C=O) groups excluding carboxylic acids is 1. The van der Waals surface area contributed by atoms with Crippen LogP contribution in [0.15, 0.2) is 22.7 Å². The molecule has 1 aromatic rings. The second kappa shape index (κ2) is 6.99. The molecule has 5 heteroatoms. The maximum atomic E-state index is 12.1. The van der Waals surface area contributed by atoms with Crippen molar-refractivity contribution in [3.63, 3.8) is 0 Å². The van der Waals surface area contributed by atoms with Gasteiger partial charge in [0.05, 0.1) is 5.56 Å². The summed E-state index contributed by atoms with van der Waals surface area (Å²) in [5.74, 6) is -0.00942. The maximum absolute atomic E-state index is 12.1. The predicted molar refractivity (Wildman–Crippen MR) is 76.7 cm³/mol. The number of likely N-dealkylation sites (N-methyl/N-ethyl adjacent to an activating group) is 1. The lowest BCUT2D eigenvalue weighted by molar-refractivity contribution is 0.0747. The molecule has 1 unspecified atom stereocenters. The summed E-state index contributed by atoms with van der Waals surface area (Å²) in [6.07, 6.45) is 0. The van der Waals surface area contributed by atoms with E-state index in [1.807, 2.05) is 32.0 Å². The molecule has 0 heterocycles. The van der Waals surface area contributed by atoms with E-state index < -0.39 is 0 Å². The van der Waals surface area contributed by atoms with Gasteiger partial charge < -0.3 is 10.6 Å². The molecule has 96 valence electrons. The van der Waals surface area contributed by atoms with Crippen molar-refractivity contribution in [3.05, 3.63) is 33.8 Å². The van der Waals surface area contributed by atoms with Crippen LogP contribution in [-0.4, -0.2) is 30.4 Å². The molecule has 0 aliphatic carbocycles. The van der Waals surface area contributed by atoms with Crippen LogP contribution in [0.1, 0.15) is 22.8 Å². The lowest BCUT2D eigenvalue weighted by Gasteiger charge is -2.24. The minimum Gasteiger partial charge on any atom is -0.338 e. The van der Waals surface area contributed by atoms with Gasteiger partial charge in [-0.1, -0.05) is 6.07 Å². The minimum atomic E-state index is -0.00942. The van der Waals surface area contributed by atoms with Crippen molar-refractivity contribution >= 4 is 34.2 Å². The van der Waals surface area contributed by atoms with Crippen LogP contribution in [0.25, 0.3) is 0 Å². The molecule has 1 atom stereocenters. The van der Waals surface area contributed by atoms with Crippen molar-refractivity contribution in [1.82, 2.24) is 4.90 Å². The average Bonchev–Trinajstić information content (AvgIpc) is 2.26. The van der Waals surface area contributed by atoms with Crippen LogP contribution in [0.4, 0.5) is 0 Å². The van der Waals surface area contributed by atoms with Gasteiger partial charge >= 0.3 is 0 Å². The SMILES string of the molecule is Cc1ccc(C(=O)N(C)C(C)CN)c(Br)c1.Cl. The Morgan fingerprint density at radius 2 is 2.12 bits per heavy atom. The van der Waals surface area contributed by atoms with Crippen LogP contribution in [0.2, 0.25) is 0 Å². The Hall–Kier alpha value is -0.580. The zero-order valence-electron chi connectivity index (χ0n) is 10.2. The number of amides is 1. The van der Waals surface area contributed by atoms with E-state index in [0.29, 0.717) is 12.1 Å². The highest BCUT2D eigenvalue weighted by Crippen LogP contribution is 2.20. The van der Waals surface area contributed by atoms with Gasteiger partial charge in [-0.3, -0.25) is 4.79 Å². The van der Waals surface area contributed by atoms with E-state index in [2.05, 4.69) is 15.9 Å². The quantitative estimate of drug-likeness (QED) is 0.930. The Labute approximate surface area is 117 Å². The van der Waals surface area contributed by atoms with Crippen molar-refractivity contribution in [3.8, 4) is 0 Å². The number of benzene rings is 1. The van der Waals surface area contributed by atoms with E-state index >= 15 is 0 Å². The van der Waals surface area contributed by atoms with E-state index in [1.165, 1.54) is 0 Å². The first kappa shape index (κ1) is 16.4. The normalized spacial score (nSPS) is 11.6. The predicted octanol–water partition coefficient (Wildman–Crippen LogP) is 2.60. The number of halogens is 2. The molecule has 0 aliphatic heterocycles. The highest BCUT2D eigenvalue weighted by atomic mass is 79.9. The van der Waals surface area contributed by atoms with Crippen LogP contribution in [0.3, 0.4) is 0 Å². The van der Waals surface area contributed by atoms with Gasteiger partial charge in [0.25, 0.3) is 5.91 Å². The minimum absolute atomic E-state index is 0. The van der Waals surface area contributed by atoms with E-state index in [0.717, 1.165) is 10.0 Å². The number of rotatable bonds is 3. The van der Waals surface area contributed by atoms with E-state index in [4.69, 9.17) is 5.73 Å². The Bertz CT molecular complexity index is 398. The van der Waals surface area contributed by atoms with Crippen molar-refractivity contribution in [2.45, 2.75) is 19.9 Å². The number of aryl methyl sites for hydroxylation is 1. The average molecular weight is 322 g/mol. The fourth-order valence-electron chi connectivity index (χ4n) is 1.34. The molecule has 0 aromatic heterocycles. The first-order chi connectivity index (χ1) is 7.47. The second-order valence-electron chi connectivity index (χ2n) is 3.98. The summed E-state index contributed by atoms with van der Waals surface area (Å²) >= 11 is 3.41. The number of nitrogens with two attached hydrogens (primary N) is 1. The summed E-state index contributed by atoms with van der Waals surface area (Å²) in [5.41, 5.74) is 7.34. The van der Waals surface area contributed by atoms with Crippen molar-refractivity contribution in [2.24, 2.45) is 5.73 Å². The van der Waals surface area contributed by atoms with Gasteiger partial charge in [0, 0.05) is 24.1 Å². The first-order valence-electron chi connectivity index (χ1n) is 5.20. The fraction of sp³-hybridized carbons (Fsp3) is 0.417. The molecule has 0 fully saturated rings. The third kappa shape index (κ3) is 3.98. The van der Waals surface area contributed by atoms with Gasteiger partial charge in [-0.15, -0.1) is 12.4 Å². The van der Waals surface area contributed by atoms with Gasteiger partial charge in [-0.25, -0.2) is 0 Å². The number of hydrogen-bond donors (Lipinski definition) is 1. The Morgan fingerprint density at radius 1 is 1.53 bits per heavy atom. The van der Waals surface area contributed by atoms with Gasteiger partial charge in [0.1, 0.15) is 0 Å². The molecule has 0 radical (unpaired) electrons. The monoisotopic (exact) mass is 320 g/mol. The number of nitrogens with zero attached hydrogens (tertiary/aromatic N) is 1. The Balaban J connectivity index is 0.00000256. The third-order valence-corrected chi connectivity index (χ3v) is 3.33. The molecule has 0 bridgehead atoms. The highest BCUT2D eigenvalue weighted by molar-refractivity contribution is 9.10. The molecule has 2 N–H and O–H groups in total. The number of hydrogen-bond acceptors (Lipinski definition) is 2. The van der Waals surface area contributed by atoms with Crippen LogP contribution >= 0.6 is 28.3 Å². The Kier molecular flexibility index (Phi) is 6.75. The van der Waals surface area contributed by atoms with Gasteiger partial charge in [-0.05, 0) is 47.5 Å². The molecule has 0 aliphatic rings. The molecule has 1 rings (SSSR count). The lowest BCUT2D eigenvalue weighted by Crippen LogP contribution is -2.39. The second-order valence-corrected chi connectivity index (χ2v) is 4.84.